The van der Waals surface area contributed by atoms with E-state index in [-0.39, 0.29) is 6.03 Å². The molecular weight excluding hydrogens is 372 g/mol. The van der Waals surface area contributed by atoms with Crippen molar-refractivity contribution in [2.24, 2.45) is 0 Å². The fourth-order valence-electron chi connectivity index (χ4n) is 2.72. The number of amides is 2. The van der Waals surface area contributed by atoms with Gasteiger partial charge < -0.3 is 15.2 Å². The summed E-state index contributed by atoms with van der Waals surface area (Å²) in [5, 5.41) is 11.8. The third-order valence-electron chi connectivity index (χ3n) is 4.34. The summed E-state index contributed by atoms with van der Waals surface area (Å²) in [5.41, 5.74) is 2.54. The molecule has 2 N–H and O–H groups in total. The van der Waals surface area contributed by atoms with Crippen molar-refractivity contribution in [2.45, 2.75) is 32.7 Å². The molecular formula is C21H24N4O2S. The number of urea groups is 1. The van der Waals surface area contributed by atoms with Crippen LogP contribution < -0.4 is 10.6 Å². The minimum atomic E-state index is -0.521. The van der Waals surface area contributed by atoms with Gasteiger partial charge in [0.15, 0.2) is 0 Å². The van der Waals surface area contributed by atoms with Crippen molar-refractivity contribution < 1.29 is 9.32 Å². The van der Waals surface area contributed by atoms with Gasteiger partial charge >= 0.3 is 6.03 Å². The van der Waals surface area contributed by atoms with E-state index in [0.717, 1.165) is 21.6 Å². The molecule has 0 radical (unpaired) electrons. The standard InChI is InChI=1S/C21H24N4O2S/c1-14(2)15-7-5-8-16(13-15)21(3,4)24-20(26)22-11-10-18-23-19(25-27-18)17-9-6-12-28-17/h5-9,12-13H,1,10-11H2,2-4H3,(H2,22,24,26). The lowest BCUT2D eigenvalue weighted by atomic mass is 9.92. The molecule has 0 unspecified atom stereocenters. The number of allylic oxidation sites excluding steroid dienone is 1. The van der Waals surface area contributed by atoms with Crippen molar-refractivity contribution >= 4 is 22.9 Å². The molecule has 0 aliphatic rings. The van der Waals surface area contributed by atoms with Crippen LogP contribution in [-0.2, 0) is 12.0 Å². The Balaban J connectivity index is 1.52. The molecule has 0 saturated heterocycles. The highest BCUT2D eigenvalue weighted by Crippen LogP contribution is 2.23. The first-order valence-electron chi connectivity index (χ1n) is 9.04. The van der Waals surface area contributed by atoms with Gasteiger partial charge in [-0.05, 0) is 49.4 Å². The van der Waals surface area contributed by atoms with E-state index in [2.05, 4.69) is 27.4 Å². The summed E-state index contributed by atoms with van der Waals surface area (Å²) in [6, 6.07) is 11.7. The zero-order valence-corrected chi connectivity index (χ0v) is 17.1. The van der Waals surface area contributed by atoms with E-state index in [1.807, 2.05) is 62.5 Å². The molecule has 0 fully saturated rings. The molecule has 1 aromatic carbocycles. The number of carbonyl (C=O) groups excluding carboxylic acids is 1. The molecule has 7 heteroatoms. The summed E-state index contributed by atoms with van der Waals surface area (Å²) in [7, 11) is 0. The normalized spacial score (nSPS) is 11.2. The number of hydrogen-bond donors (Lipinski definition) is 2. The van der Waals surface area contributed by atoms with Crippen molar-refractivity contribution in [3.8, 4) is 10.7 Å². The van der Waals surface area contributed by atoms with E-state index in [1.54, 1.807) is 11.3 Å². The zero-order chi connectivity index (χ0) is 20.1. The average molecular weight is 397 g/mol. The number of nitrogens with one attached hydrogen (secondary N) is 2. The van der Waals surface area contributed by atoms with Gasteiger partial charge in [-0.1, -0.05) is 41.6 Å². The molecule has 0 saturated carbocycles. The number of rotatable bonds is 7. The Morgan fingerprint density at radius 2 is 2.11 bits per heavy atom. The number of carbonyl (C=O) groups is 1. The third kappa shape index (κ3) is 4.86. The molecule has 0 bridgehead atoms. The number of benzene rings is 1. The average Bonchev–Trinajstić information content (AvgIpc) is 3.33. The van der Waals surface area contributed by atoms with E-state index < -0.39 is 5.54 Å². The van der Waals surface area contributed by atoms with Gasteiger partial charge in [-0.2, -0.15) is 4.98 Å². The van der Waals surface area contributed by atoms with E-state index in [4.69, 9.17) is 4.52 Å². The summed E-state index contributed by atoms with van der Waals surface area (Å²) in [4.78, 5) is 17.6. The predicted molar refractivity (Wildman–Crippen MR) is 112 cm³/mol. The third-order valence-corrected chi connectivity index (χ3v) is 5.20. The molecule has 2 aromatic heterocycles. The van der Waals surface area contributed by atoms with E-state index >= 15 is 0 Å². The summed E-state index contributed by atoms with van der Waals surface area (Å²) < 4.78 is 5.24. The first-order chi connectivity index (χ1) is 13.3. The van der Waals surface area contributed by atoms with Crippen LogP contribution in [-0.4, -0.2) is 22.7 Å². The molecule has 0 atom stereocenters. The molecule has 146 valence electrons. The Kier molecular flexibility index (Phi) is 5.94. The molecule has 2 heterocycles. The lowest BCUT2D eigenvalue weighted by Crippen LogP contribution is -2.46. The van der Waals surface area contributed by atoms with Crippen LogP contribution in [0.4, 0.5) is 4.79 Å². The molecule has 0 spiro atoms. The fraction of sp³-hybridized carbons (Fsp3) is 0.286. The quantitative estimate of drug-likeness (QED) is 0.611. The van der Waals surface area contributed by atoms with Crippen molar-refractivity contribution in [2.75, 3.05) is 6.54 Å². The van der Waals surface area contributed by atoms with Gasteiger partial charge in [0.2, 0.25) is 11.7 Å². The monoisotopic (exact) mass is 396 g/mol. The summed E-state index contributed by atoms with van der Waals surface area (Å²) in [6.45, 7) is 10.3. The Labute approximate surface area is 168 Å². The Morgan fingerprint density at radius 1 is 1.29 bits per heavy atom. The second-order valence-corrected chi connectivity index (χ2v) is 8.05. The maximum absolute atomic E-state index is 12.3. The highest BCUT2D eigenvalue weighted by Gasteiger charge is 2.23. The first kappa shape index (κ1) is 19.8. The number of hydrogen-bond acceptors (Lipinski definition) is 5. The minimum Gasteiger partial charge on any atom is -0.339 e. The largest absolute Gasteiger partial charge is 0.339 e. The maximum Gasteiger partial charge on any atom is 0.315 e. The topological polar surface area (TPSA) is 80.0 Å². The summed E-state index contributed by atoms with van der Waals surface area (Å²) in [5.74, 6) is 1.07. The molecule has 3 rings (SSSR count). The number of aromatic nitrogens is 2. The number of thiophene rings is 1. The maximum atomic E-state index is 12.3. The number of nitrogens with zero attached hydrogens (tertiary/aromatic N) is 2. The predicted octanol–water partition coefficient (Wildman–Crippen LogP) is 4.61. The van der Waals surface area contributed by atoms with Gasteiger partial charge in [0.1, 0.15) is 0 Å². The molecule has 0 aliphatic carbocycles. The van der Waals surface area contributed by atoms with Crippen molar-refractivity contribution in [1.82, 2.24) is 20.8 Å². The van der Waals surface area contributed by atoms with Crippen LogP contribution >= 0.6 is 11.3 Å². The Bertz CT molecular complexity index is 960. The van der Waals surface area contributed by atoms with E-state index in [9.17, 15) is 4.79 Å². The van der Waals surface area contributed by atoms with Gasteiger partial charge in [0.25, 0.3) is 0 Å². The molecule has 2 amide bonds. The van der Waals surface area contributed by atoms with Crippen molar-refractivity contribution in [3.63, 3.8) is 0 Å². The van der Waals surface area contributed by atoms with Gasteiger partial charge in [0, 0.05) is 13.0 Å². The second kappa shape index (κ2) is 8.39. The Morgan fingerprint density at radius 3 is 2.82 bits per heavy atom. The van der Waals surface area contributed by atoms with Crippen LogP contribution in [0.5, 0.6) is 0 Å². The summed E-state index contributed by atoms with van der Waals surface area (Å²) in [6.07, 6.45) is 0.470. The Hall–Kier alpha value is -2.93. The highest BCUT2D eigenvalue weighted by atomic mass is 32.1. The van der Waals surface area contributed by atoms with Gasteiger partial charge in [0.05, 0.1) is 10.4 Å². The lowest BCUT2D eigenvalue weighted by Gasteiger charge is -2.27. The van der Waals surface area contributed by atoms with Crippen LogP contribution in [0.3, 0.4) is 0 Å². The van der Waals surface area contributed by atoms with E-state index in [0.29, 0.717) is 24.7 Å². The SMILES string of the molecule is C=C(C)c1cccc(C(C)(C)NC(=O)NCCc2nc(-c3cccs3)no2)c1. The van der Waals surface area contributed by atoms with Crippen molar-refractivity contribution in [1.29, 1.82) is 0 Å². The van der Waals surface area contributed by atoms with Crippen LogP contribution in [0, 0.1) is 0 Å². The molecule has 3 aromatic rings. The highest BCUT2D eigenvalue weighted by molar-refractivity contribution is 7.13. The zero-order valence-electron chi connectivity index (χ0n) is 16.3. The van der Waals surface area contributed by atoms with E-state index in [1.165, 1.54) is 0 Å². The van der Waals surface area contributed by atoms with Crippen LogP contribution in [0.1, 0.15) is 37.8 Å². The smallest absolute Gasteiger partial charge is 0.315 e. The van der Waals surface area contributed by atoms with Crippen LogP contribution in [0.25, 0.3) is 16.3 Å². The van der Waals surface area contributed by atoms with Crippen LogP contribution in [0.2, 0.25) is 0 Å². The second-order valence-electron chi connectivity index (χ2n) is 7.11. The summed E-state index contributed by atoms with van der Waals surface area (Å²) >= 11 is 1.55. The minimum absolute atomic E-state index is 0.247. The van der Waals surface area contributed by atoms with Crippen molar-refractivity contribution in [3.05, 3.63) is 65.4 Å². The molecule has 0 aliphatic heterocycles. The fourth-order valence-corrected chi connectivity index (χ4v) is 3.37. The van der Waals surface area contributed by atoms with Gasteiger partial charge in [-0.25, -0.2) is 4.79 Å². The van der Waals surface area contributed by atoms with Crippen LogP contribution in [0.15, 0.2) is 52.9 Å². The first-order valence-corrected chi connectivity index (χ1v) is 9.92. The molecule has 6 nitrogen and oxygen atoms in total. The molecule has 28 heavy (non-hydrogen) atoms. The lowest BCUT2D eigenvalue weighted by molar-refractivity contribution is 0.229. The van der Waals surface area contributed by atoms with Gasteiger partial charge in [-0.15, -0.1) is 11.3 Å². The van der Waals surface area contributed by atoms with Gasteiger partial charge in [-0.3, -0.25) is 0 Å².